The van der Waals surface area contributed by atoms with E-state index in [-0.39, 0.29) is 41.8 Å². The second-order valence-electron chi connectivity index (χ2n) is 7.31. The van der Waals surface area contributed by atoms with Crippen LogP contribution in [0.5, 0.6) is 0 Å². The number of hydrogen-bond donors (Lipinski definition) is 2. The fourth-order valence-corrected chi connectivity index (χ4v) is 4.04. The Morgan fingerprint density at radius 2 is 1.97 bits per heavy atom. The summed E-state index contributed by atoms with van der Waals surface area (Å²) in [7, 11) is 0. The van der Waals surface area contributed by atoms with Gasteiger partial charge in [0.05, 0.1) is 18.0 Å². The highest BCUT2D eigenvalue weighted by Crippen LogP contribution is 2.32. The Morgan fingerprint density at radius 3 is 2.61 bits per heavy atom. The number of quaternary nitrogens is 1. The number of nitrogens with zero attached hydrogens (tertiary/aromatic N) is 3. The lowest BCUT2D eigenvalue weighted by molar-refractivity contribution is -0.144. The van der Waals surface area contributed by atoms with Crippen LogP contribution in [-0.2, 0) is 22.6 Å². The molecule has 2 unspecified atom stereocenters. The third kappa shape index (κ3) is 4.62. The summed E-state index contributed by atoms with van der Waals surface area (Å²) in [5.41, 5.74) is 2.80. The standard InChI is InChI=1S/C22H18ClN5O2.ClH/c23-17-2-1-3-19(8-17)28(12-16-6-4-15(10-24)5-7-16)13-21(29)27-20(22(28)30)9-18-11-25-14-26-18;/h1-8,11,14,20H,9,12-13H2,(H-,25,26,27,29);1H/p+1. The van der Waals surface area contributed by atoms with Crippen LogP contribution in [0.1, 0.15) is 16.8 Å². The average molecular weight is 457 g/mol. The number of aromatic amines is 1. The molecule has 2 aromatic carbocycles. The van der Waals surface area contributed by atoms with Crippen LogP contribution >= 0.6 is 24.0 Å². The molecule has 0 spiro atoms. The Morgan fingerprint density at radius 1 is 1.19 bits per heavy atom. The maximum atomic E-state index is 13.8. The van der Waals surface area contributed by atoms with Crippen molar-refractivity contribution in [1.82, 2.24) is 19.8 Å². The van der Waals surface area contributed by atoms with Crippen LogP contribution in [0.3, 0.4) is 0 Å². The van der Waals surface area contributed by atoms with Gasteiger partial charge in [0.2, 0.25) is 0 Å². The summed E-state index contributed by atoms with van der Waals surface area (Å²) in [6.45, 7) is 0.246. The SMILES string of the molecule is Cl.N#Cc1ccc(C[N+]2(c3cccc(Cl)c3)CC(=O)NC(Cc3cnc[nH]3)C2=O)cc1. The zero-order chi connectivity index (χ0) is 21.1. The highest BCUT2D eigenvalue weighted by molar-refractivity contribution is 6.30. The van der Waals surface area contributed by atoms with Gasteiger partial charge in [-0.1, -0.05) is 29.8 Å². The monoisotopic (exact) mass is 456 g/mol. The molecule has 0 saturated carbocycles. The predicted octanol–water partition coefficient (Wildman–Crippen LogP) is 3.13. The lowest BCUT2D eigenvalue weighted by Crippen LogP contribution is -2.69. The van der Waals surface area contributed by atoms with Gasteiger partial charge in [-0.15, -0.1) is 12.4 Å². The first-order chi connectivity index (χ1) is 14.5. The van der Waals surface area contributed by atoms with Crippen LogP contribution in [0, 0.1) is 11.3 Å². The minimum absolute atomic E-state index is 0. The highest BCUT2D eigenvalue weighted by atomic mass is 35.5. The number of rotatable bonds is 5. The number of halogens is 2. The van der Waals surface area contributed by atoms with E-state index >= 15 is 0 Å². The zero-order valence-electron chi connectivity index (χ0n) is 16.4. The summed E-state index contributed by atoms with van der Waals surface area (Å²) in [6.07, 6.45) is 3.50. The molecule has 4 rings (SSSR count). The maximum Gasteiger partial charge on any atom is 0.342 e. The molecule has 0 radical (unpaired) electrons. The Hall–Kier alpha value is -3.18. The fourth-order valence-electron chi connectivity index (χ4n) is 3.86. The molecule has 2 atom stereocenters. The summed E-state index contributed by atoms with van der Waals surface area (Å²) in [4.78, 5) is 33.5. The molecular weight excluding hydrogens is 437 g/mol. The number of nitrogens with one attached hydrogen (secondary N) is 2. The molecule has 1 aliphatic heterocycles. The van der Waals surface area contributed by atoms with E-state index < -0.39 is 6.04 Å². The number of imidazole rings is 1. The van der Waals surface area contributed by atoms with Gasteiger partial charge in [-0.25, -0.2) is 14.3 Å². The van der Waals surface area contributed by atoms with Crippen LogP contribution in [0.4, 0.5) is 5.69 Å². The molecule has 31 heavy (non-hydrogen) atoms. The van der Waals surface area contributed by atoms with Gasteiger partial charge in [0.15, 0.2) is 12.6 Å². The minimum Gasteiger partial charge on any atom is -0.348 e. The van der Waals surface area contributed by atoms with Crippen molar-refractivity contribution < 1.29 is 9.59 Å². The number of benzene rings is 2. The lowest BCUT2D eigenvalue weighted by Gasteiger charge is -2.41. The van der Waals surface area contributed by atoms with Crippen molar-refractivity contribution in [3.63, 3.8) is 0 Å². The Balaban J connectivity index is 0.00000272. The highest BCUT2D eigenvalue weighted by Gasteiger charge is 2.50. The molecule has 1 fully saturated rings. The quantitative estimate of drug-likeness (QED) is 0.576. The van der Waals surface area contributed by atoms with Gasteiger partial charge in [-0.2, -0.15) is 5.26 Å². The number of amides is 2. The smallest absolute Gasteiger partial charge is 0.342 e. The molecule has 0 bridgehead atoms. The number of H-pyrrole nitrogens is 1. The molecule has 9 heteroatoms. The molecule has 7 nitrogen and oxygen atoms in total. The normalized spacial score (nSPS) is 20.5. The predicted molar refractivity (Wildman–Crippen MR) is 119 cm³/mol. The molecule has 2 N–H and O–H groups in total. The molecule has 2 amide bonds. The third-order valence-electron chi connectivity index (χ3n) is 5.29. The fraction of sp³-hybridized carbons (Fsp3) is 0.182. The van der Waals surface area contributed by atoms with Crippen LogP contribution in [0.15, 0.2) is 61.1 Å². The van der Waals surface area contributed by atoms with E-state index in [1.54, 1.807) is 42.9 Å². The summed E-state index contributed by atoms with van der Waals surface area (Å²) in [6, 6.07) is 15.5. The lowest BCUT2D eigenvalue weighted by atomic mass is 10.0. The van der Waals surface area contributed by atoms with Crippen molar-refractivity contribution in [3.8, 4) is 6.07 Å². The van der Waals surface area contributed by atoms with Crippen molar-refractivity contribution in [2.45, 2.75) is 19.0 Å². The van der Waals surface area contributed by atoms with Crippen LogP contribution in [0.2, 0.25) is 5.02 Å². The van der Waals surface area contributed by atoms with Gasteiger partial charge < -0.3 is 10.3 Å². The minimum atomic E-state index is -0.705. The summed E-state index contributed by atoms with van der Waals surface area (Å²) in [5, 5.41) is 12.4. The van der Waals surface area contributed by atoms with E-state index in [2.05, 4.69) is 21.4 Å². The van der Waals surface area contributed by atoms with Crippen molar-refractivity contribution in [2.24, 2.45) is 0 Å². The first kappa shape index (κ1) is 22.5. The van der Waals surface area contributed by atoms with E-state index in [9.17, 15) is 9.59 Å². The largest absolute Gasteiger partial charge is 0.348 e. The number of piperazine rings is 1. The third-order valence-corrected chi connectivity index (χ3v) is 5.52. The van der Waals surface area contributed by atoms with Gasteiger partial charge in [0, 0.05) is 35.0 Å². The van der Waals surface area contributed by atoms with Crippen LogP contribution in [0.25, 0.3) is 0 Å². The van der Waals surface area contributed by atoms with E-state index in [0.717, 1.165) is 11.3 Å². The summed E-state index contributed by atoms with van der Waals surface area (Å²) in [5.74, 6) is -0.344. The zero-order valence-corrected chi connectivity index (χ0v) is 18.0. The topological polar surface area (TPSA) is 98.6 Å². The molecular formula is C22H20Cl2N5O2+. The Kier molecular flexibility index (Phi) is 6.76. The first-order valence-corrected chi connectivity index (χ1v) is 9.81. The molecule has 1 saturated heterocycles. The van der Waals surface area contributed by atoms with Crippen molar-refractivity contribution >= 4 is 41.5 Å². The van der Waals surface area contributed by atoms with Crippen molar-refractivity contribution in [3.05, 3.63) is 82.9 Å². The maximum absolute atomic E-state index is 13.8. The van der Waals surface area contributed by atoms with Gasteiger partial charge in [-0.3, -0.25) is 4.79 Å². The second kappa shape index (κ2) is 9.31. The summed E-state index contributed by atoms with van der Waals surface area (Å²) < 4.78 is -0.183. The number of hydrogen-bond acceptors (Lipinski definition) is 4. The van der Waals surface area contributed by atoms with Crippen LogP contribution < -0.4 is 9.80 Å². The van der Waals surface area contributed by atoms with Gasteiger partial charge in [0.1, 0.15) is 12.2 Å². The molecule has 2 heterocycles. The van der Waals surface area contributed by atoms with Gasteiger partial charge in [-0.05, 0) is 24.3 Å². The van der Waals surface area contributed by atoms with E-state index in [0.29, 0.717) is 22.7 Å². The Bertz CT molecular complexity index is 1130. The van der Waals surface area contributed by atoms with Gasteiger partial charge >= 0.3 is 5.91 Å². The molecule has 158 valence electrons. The van der Waals surface area contributed by atoms with Crippen LogP contribution in [-0.4, -0.2) is 34.4 Å². The van der Waals surface area contributed by atoms with Crippen molar-refractivity contribution in [2.75, 3.05) is 6.54 Å². The van der Waals surface area contributed by atoms with E-state index in [4.69, 9.17) is 16.9 Å². The first-order valence-electron chi connectivity index (χ1n) is 9.43. The average Bonchev–Trinajstić information content (AvgIpc) is 3.25. The molecule has 1 aromatic heterocycles. The molecule has 0 aliphatic carbocycles. The van der Waals surface area contributed by atoms with Crippen molar-refractivity contribution in [1.29, 1.82) is 5.26 Å². The van der Waals surface area contributed by atoms with Gasteiger partial charge in [0.25, 0.3) is 5.91 Å². The molecule has 1 aliphatic rings. The van der Waals surface area contributed by atoms with E-state index in [1.165, 1.54) is 0 Å². The van der Waals surface area contributed by atoms with E-state index in [1.807, 2.05) is 18.2 Å². The second-order valence-corrected chi connectivity index (χ2v) is 7.75. The summed E-state index contributed by atoms with van der Waals surface area (Å²) >= 11 is 6.23. The number of carbonyl (C=O) groups excluding carboxylic acids is 2. The number of aromatic nitrogens is 2. The number of carbonyl (C=O) groups is 2. The number of nitriles is 1. The molecule has 3 aromatic rings. The Labute approximate surface area is 190 Å².